The molecule has 1 fully saturated rings. The third-order valence-corrected chi connectivity index (χ3v) is 5.47. The Morgan fingerprint density at radius 3 is 2.67 bits per heavy atom. The van der Waals surface area contributed by atoms with Gasteiger partial charge in [-0.2, -0.15) is 11.8 Å². The third-order valence-electron chi connectivity index (χ3n) is 4.65. The summed E-state index contributed by atoms with van der Waals surface area (Å²) < 4.78 is 0. The number of likely N-dealkylation sites (tertiary alicyclic amines) is 1. The quantitative estimate of drug-likeness (QED) is 0.801. The number of nitrogens with zero attached hydrogens (tertiary/aromatic N) is 2. The largest absolute Gasteiger partial charge is 0.329 e. The van der Waals surface area contributed by atoms with Gasteiger partial charge in [0.1, 0.15) is 0 Å². The zero-order valence-corrected chi connectivity index (χ0v) is 13.4. The van der Waals surface area contributed by atoms with Crippen LogP contribution in [0.4, 0.5) is 0 Å². The van der Waals surface area contributed by atoms with Gasteiger partial charge in [-0.25, -0.2) is 0 Å². The van der Waals surface area contributed by atoms with Gasteiger partial charge in [-0.3, -0.25) is 4.90 Å². The van der Waals surface area contributed by atoms with E-state index in [1.807, 2.05) is 11.8 Å². The smallest absolute Gasteiger partial charge is 0.0344 e. The Balaban J connectivity index is 2.71. The Bertz CT molecular complexity index is 237. The van der Waals surface area contributed by atoms with Crippen molar-refractivity contribution in [2.75, 3.05) is 45.2 Å². The fourth-order valence-corrected chi connectivity index (χ4v) is 3.78. The van der Waals surface area contributed by atoms with Crippen molar-refractivity contribution in [2.24, 2.45) is 5.73 Å². The molecule has 2 N–H and O–H groups in total. The summed E-state index contributed by atoms with van der Waals surface area (Å²) in [7, 11) is 2.27. The first kappa shape index (κ1) is 16.3. The van der Waals surface area contributed by atoms with Gasteiger partial charge in [-0.05, 0) is 59.1 Å². The zero-order valence-electron chi connectivity index (χ0n) is 12.6. The van der Waals surface area contributed by atoms with E-state index in [9.17, 15) is 0 Å². The van der Waals surface area contributed by atoms with Gasteiger partial charge >= 0.3 is 0 Å². The summed E-state index contributed by atoms with van der Waals surface area (Å²) in [4.78, 5) is 5.12. The highest BCUT2D eigenvalue weighted by Gasteiger charge is 2.36. The predicted molar refractivity (Wildman–Crippen MR) is 83.4 cm³/mol. The van der Waals surface area contributed by atoms with Crippen molar-refractivity contribution >= 4 is 11.8 Å². The lowest BCUT2D eigenvalue weighted by molar-refractivity contribution is 0.0786. The number of rotatable bonds is 6. The first-order chi connectivity index (χ1) is 8.59. The molecular formula is C14H31N3S. The first-order valence-electron chi connectivity index (χ1n) is 7.24. The Morgan fingerprint density at radius 2 is 2.11 bits per heavy atom. The van der Waals surface area contributed by atoms with E-state index < -0.39 is 0 Å². The maximum atomic E-state index is 6.16. The van der Waals surface area contributed by atoms with Crippen molar-refractivity contribution in [3.8, 4) is 0 Å². The fourth-order valence-electron chi connectivity index (χ4n) is 3.07. The van der Waals surface area contributed by atoms with Crippen molar-refractivity contribution in [2.45, 2.75) is 44.7 Å². The molecule has 0 aromatic carbocycles. The van der Waals surface area contributed by atoms with E-state index in [4.69, 9.17) is 5.73 Å². The minimum Gasteiger partial charge on any atom is -0.329 e. The SMILES string of the molecule is CCN1CCCC(CN)(N(C)C(C)CSC)CC1. The normalized spacial score (nSPS) is 28.3. The van der Waals surface area contributed by atoms with Gasteiger partial charge in [0.05, 0.1) is 0 Å². The number of hydrogen-bond acceptors (Lipinski definition) is 4. The minimum absolute atomic E-state index is 0.221. The van der Waals surface area contributed by atoms with Crippen LogP contribution in [0.3, 0.4) is 0 Å². The van der Waals surface area contributed by atoms with Crippen molar-refractivity contribution in [3.05, 3.63) is 0 Å². The van der Waals surface area contributed by atoms with Gasteiger partial charge in [-0.15, -0.1) is 0 Å². The van der Waals surface area contributed by atoms with Crippen LogP contribution in [0, 0.1) is 0 Å². The van der Waals surface area contributed by atoms with Crippen molar-refractivity contribution < 1.29 is 0 Å². The van der Waals surface area contributed by atoms with Gasteiger partial charge in [0.15, 0.2) is 0 Å². The molecule has 0 aliphatic carbocycles. The van der Waals surface area contributed by atoms with Crippen molar-refractivity contribution in [1.82, 2.24) is 9.80 Å². The second kappa shape index (κ2) is 7.73. The summed E-state index contributed by atoms with van der Waals surface area (Å²) in [5.74, 6) is 1.19. The molecule has 1 heterocycles. The Morgan fingerprint density at radius 1 is 1.39 bits per heavy atom. The predicted octanol–water partition coefficient (Wildman–Crippen LogP) is 1.87. The second-order valence-corrected chi connectivity index (χ2v) is 6.54. The van der Waals surface area contributed by atoms with E-state index >= 15 is 0 Å². The van der Waals surface area contributed by atoms with E-state index in [1.54, 1.807) is 0 Å². The summed E-state index contributed by atoms with van der Waals surface area (Å²) in [5, 5.41) is 0. The molecule has 1 aliphatic rings. The van der Waals surface area contributed by atoms with Gasteiger partial charge in [0, 0.05) is 23.9 Å². The zero-order chi connectivity index (χ0) is 13.6. The van der Waals surface area contributed by atoms with Gasteiger partial charge in [0.2, 0.25) is 0 Å². The summed E-state index contributed by atoms with van der Waals surface area (Å²) in [6.07, 6.45) is 5.93. The highest BCUT2D eigenvalue weighted by atomic mass is 32.2. The van der Waals surface area contributed by atoms with Crippen LogP contribution in [-0.2, 0) is 0 Å². The van der Waals surface area contributed by atoms with Crippen molar-refractivity contribution in [3.63, 3.8) is 0 Å². The van der Waals surface area contributed by atoms with Crippen LogP contribution in [-0.4, -0.2) is 66.6 Å². The van der Waals surface area contributed by atoms with E-state index in [2.05, 4.69) is 37.0 Å². The lowest BCUT2D eigenvalue weighted by Gasteiger charge is -2.44. The molecule has 1 aliphatic heterocycles. The van der Waals surface area contributed by atoms with Gasteiger partial charge in [-0.1, -0.05) is 6.92 Å². The van der Waals surface area contributed by atoms with E-state index in [0.717, 1.165) is 6.54 Å². The topological polar surface area (TPSA) is 32.5 Å². The fraction of sp³-hybridized carbons (Fsp3) is 1.00. The average molecular weight is 273 g/mol. The Kier molecular flexibility index (Phi) is 6.99. The molecule has 3 nitrogen and oxygen atoms in total. The van der Waals surface area contributed by atoms with Crippen LogP contribution in [0.2, 0.25) is 0 Å². The van der Waals surface area contributed by atoms with Crippen LogP contribution < -0.4 is 5.73 Å². The van der Waals surface area contributed by atoms with E-state index in [1.165, 1.54) is 44.6 Å². The highest BCUT2D eigenvalue weighted by Crippen LogP contribution is 2.29. The second-order valence-electron chi connectivity index (χ2n) is 5.63. The molecule has 1 saturated heterocycles. The molecular weight excluding hydrogens is 242 g/mol. The molecule has 0 aromatic rings. The van der Waals surface area contributed by atoms with Gasteiger partial charge < -0.3 is 10.6 Å². The highest BCUT2D eigenvalue weighted by molar-refractivity contribution is 7.98. The molecule has 0 radical (unpaired) electrons. The number of nitrogens with two attached hydrogens (primary N) is 1. The molecule has 0 amide bonds. The Hall–Kier alpha value is 0.230. The summed E-state index contributed by atoms with van der Waals surface area (Å²) in [5.41, 5.74) is 6.38. The van der Waals surface area contributed by atoms with Crippen LogP contribution in [0.15, 0.2) is 0 Å². The Labute approximate surface area is 117 Å². The van der Waals surface area contributed by atoms with Crippen LogP contribution in [0.25, 0.3) is 0 Å². The molecule has 18 heavy (non-hydrogen) atoms. The summed E-state index contributed by atoms with van der Waals surface area (Å²) >= 11 is 1.93. The first-order valence-corrected chi connectivity index (χ1v) is 8.63. The summed E-state index contributed by atoms with van der Waals surface area (Å²) in [6.45, 7) is 8.99. The molecule has 2 unspecified atom stereocenters. The molecule has 1 rings (SSSR count). The monoisotopic (exact) mass is 273 g/mol. The van der Waals surface area contributed by atoms with E-state index in [-0.39, 0.29) is 5.54 Å². The molecule has 0 bridgehead atoms. The molecule has 0 spiro atoms. The number of thioether (sulfide) groups is 1. The lowest BCUT2D eigenvalue weighted by Crippen LogP contribution is -2.56. The van der Waals surface area contributed by atoms with Crippen LogP contribution in [0.5, 0.6) is 0 Å². The standard InChI is InChI=1S/C14H31N3S/c1-5-17-9-6-7-14(12-15,8-10-17)16(3)13(2)11-18-4/h13H,5-12,15H2,1-4H3. The molecule has 108 valence electrons. The summed E-state index contributed by atoms with van der Waals surface area (Å²) in [6, 6.07) is 0.608. The lowest BCUT2D eigenvalue weighted by atomic mass is 9.88. The average Bonchev–Trinajstić information content (AvgIpc) is 2.61. The van der Waals surface area contributed by atoms with Crippen LogP contribution in [0.1, 0.15) is 33.1 Å². The molecule has 4 heteroatoms. The maximum absolute atomic E-state index is 6.16. The molecule has 0 saturated carbocycles. The van der Waals surface area contributed by atoms with Crippen molar-refractivity contribution in [1.29, 1.82) is 0 Å². The van der Waals surface area contributed by atoms with E-state index in [0.29, 0.717) is 6.04 Å². The molecule has 0 aromatic heterocycles. The number of hydrogen-bond donors (Lipinski definition) is 1. The maximum Gasteiger partial charge on any atom is 0.0344 e. The minimum atomic E-state index is 0.221. The van der Waals surface area contributed by atoms with Gasteiger partial charge in [0.25, 0.3) is 0 Å². The third kappa shape index (κ3) is 3.86. The molecule has 2 atom stereocenters. The number of likely N-dealkylation sites (N-methyl/N-ethyl adjacent to an activating group) is 1. The van der Waals surface area contributed by atoms with Crippen LogP contribution >= 0.6 is 11.8 Å².